The number of hydrogen-bond acceptors (Lipinski definition) is 3. The normalized spacial score (nSPS) is 13.5. The fourth-order valence-corrected chi connectivity index (χ4v) is 2.99. The van der Waals surface area contributed by atoms with Crippen molar-refractivity contribution in [2.45, 2.75) is 32.8 Å². The lowest BCUT2D eigenvalue weighted by molar-refractivity contribution is -0.117. The number of para-hydroxylation sites is 1. The minimum absolute atomic E-state index is 0.102. The van der Waals surface area contributed by atoms with Gasteiger partial charge in [-0.25, -0.2) is 0 Å². The van der Waals surface area contributed by atoms with E-state index in [1.165, 1.54) is 5.56 Å². The van der Waals surface area contributed by atoms with Crippen molar-refractivity contribution in [3.8, 4) is 5.75 Å². The van der Waals surface area contributed by atoms with Crippen molar-refractivity contribution < 1.29 is 9.53 Å². The monoisotopic (exact) mass is 324 g/mol. The summed E-state index contributed by atoms with van der Waals surface area (Å²) in [6.07, 6.45) is 2.22. The number of ether oxygens (including phenoxy) is 1. The van der Waals surface area contributed by atoms with E-state index >= 15 is 0 Å². The van der Waals surface area contributed by atoms with E-state index in [0.29, 0.717) is 6.54 Å². The van der Waals surface area contributed by atoms with Crippen LogP contribution in [0.15, 0.2) is 48.5 Å². The molecule has 3 rings (SSSR count). The number of nitrogens with zero attached hydrogens (tertiary/aromatic N) is 1. The lowest BCUT2D eigenvalue weighted by Gasteiger charge is -2.29. The number of amides is 1. The van der Waals surface area contributed by atoms with Crippen LogP contribution in [0.3, 0.4) is 0 Å². The second-order valence-corrected chi connectivity index (χ2v) is 6.32. The second kappa shape index (κ2) is 7.39. The highest BCUT2D eigenvalue weighted by atomic mass is 16.5. The van der Waals surface area contributed by atoms with Crippen molar-refractivity contribution in [1.29, 1.82) is 0 Å². The molecule has 4 heteroatoms. The summed E-state index contributed by atoms with van der Waals surface area (Å²) in [5.74, 6) is 0.941. The SMILES string of the molecule is CC(C)Oc1ccc(NCC(=O)N2CCCc3ccccc32)cc1. The Morgan fingerprint density at radius 1 is 1.17 bits per heavy atom. The molecule has 2 aromatic carbocycles. The lowest BCUT2D eigenvalue weighted by atomic mass is 10.0. The molecule has 4 nitrogen and oxygen atoms in total. The van der Waals surface area contributed by atoms with Gasteiger partial charge in [0.1, 0.15) is 5.75 Å². The summed E-state index contributed by atoms with van der Waals surface area (Å²) in [5, 5.41) is 3.21. The fraction of sp³-hybridized carbons (Fsp3) is 0.350. The molecule has 0 bridgehead atoms. The van der Waals surface area contributed by atoms with E-state index in [1.54, 1.807) is 0 Å². The maximum absolute atomic E-state index is 12.6. The first-order valence-corrected chi connectivity index (χ1v) is 8.52. The van der Waals surface area contributed by atoms with Gasteiger partial charge in [-0.3, -0.25) is 4.79 Å². The summed E-state index contributed by atoms with van der Waals surface area (Å²) in [6, 6.07) is 15.9. The molecule has 0 spiro atoms. The van der Waals surface area contributed by atoms with Crippen LogP contribution >= 0.6 is 0 Å². The number of carbonyl (C=O) groups excluding carboxylic acids is 1. The molecule has 1 N–H and O–H groups in total. The van der Waals surface area contributed by atoms with Crippen molar-refractivity contribution in [2.75, 3.05) is 23.3 Å². The molecule has 0 unspecified atom stereocenters. The Kier molecular flexibility index (Phi) is 5.04. The van der Waals surface area contributed by atoms with Gasteiger partial charge < -0.3 is 15.0 Å². The highest BCUT2D eigenvalue weighted by molar-refractivity contribution is 5.97. The highest BCUT2D eigenvalue weighted by Gasteiger charge is 2.21. The maximum Gasteiger partial charge on any atom is 0.246 e. The predicted molar refractivity (Wildman–Crippen MR) is 97.8 cm³/mol. The highest BCUT2D eigenvalue weighted by Crippen LogP contribution is 2.26. The quantitative estimate of drug-likeness (QED) is 0.908. The molecular weight excluding hydrogens is 300 g/mol. The summed E-state index contributed by atoms with van der Waals surface area (Å²) >= 11 is 0. The molecule has 0 aromatic heterocycles. The molecule has 1 amide bonds. The number of hydrogen-bond donors (Lipinski definition) is 1. The van der Waals surface area contributed by atoms with Crippen molar-refractivity contribution >= 4 is 17.3 Å². The van der Waals surface area contributed by atoms with Crippen LogP contribution in [0.4, 0.5) is 11.4 Å². The molecule has 0 atom stereocenters. The smallest absolute Gasteiger partial charge is 0.246 e. The van der Waals surface area contributed by atoms with Crippen LogP contribution in [0, 0.1) is 0 Å². The molecule has 24 heavy (non-hydrogen) atoms. The van der Waals surface area contributed by atoms with Gasteiger partial charge in [0.2, 0.25) is 5.91 Å². The van der Waals surface area contributed by atoms with Crippen molar-refractivity contribution in [1.82, 2.24) is 0 Å². The van der Waals surface area contributed by atoms with E-state index in [4.69, 9.17) is 4.74 Å². The number of fused-ring (bicyclic) bond motifs is 1. The molecule has 0 aliphatic carbocycles. The third-order valence-electron chi connectivity index (χ3n) is 4.08. The zero-order valence-electron chi connectivity index (χ0n) is 14.3. The van der Waals surface area contributed by atoms with Crippen LogP contribution in [-0.4, -0.2) is 25.1 Å². The van der Waals surface area contributed by atoms with Crippen molar-refractivity contribution in [2.24, 2.45) is 0 Å². The van der Waals surface area contributed by atoms with Crippen LogP contribution in [-0.2, 0) is 11.2 Å². The van der Waals surface area contributed by atoms with Gasteiger partial charge in [-0.2, -0.15) is 0 Å². The van der Waals surface area contributed by atoms with E-state index < -0.39 is 0 Å². The van der Waals surface area contributed by atoms with Gasteiger partial charge >= 0.3 is 0 Å². The minimum atomic E-state index is 0.102. The Morgan fingerprint density at radius 2 is 1.92 bits per heavy atom. The molecule has 1 heterocycles. The first kappa shape index (κ1) is 16.4. The summed E-state index contributed by atoms with van der Waals surface area (Å²) in [7, 11) is 0. The summed E-state index contributed by atoms with van der Waals surface area (Å²) in [4.78, 5) is 14.5. The average Bonchev–Trinajstić information content (AvgIpc) is 2.60. The predicted octanol–water partition coefficient (Wildman–Crippen LogP) is 3.87. The van der Waals surface area contributed by atoms with Gasteiger partial charge in [0, 0.05) is 17.9 Å². The standard InChI is InChI=1S/C20H24N2O2/c1-15(2)24-18-11-9-17(10-12-18)21-14-20(23)22-13-5-7-16-6-3-4-8-19(16)22/h3-4,6,8-12,15,21H,5,7,13-14H2,1-2H3. The van der Waals surface area contributed by atoms with Crippen LogP contribution in [0.1, 0.15) is 25.8 Å². The Balaban J connectivity index is 1.60. The average molecular weight is 324 g/mol. The number of carbonyl (C=O) groups is 1. The van der Waals surface area contributed by atoms with Gasteiger partial charge in [-0.1, -0.05) is 18.2 Å². The largest absolute Gasteiger partial charge is 0.491 e. The van der Waals surface area contributed by atoms with Crippen LogP contribution < -0.4 is 15.0 Å². The van der Waals surface area contributed by atoms with Crippen molar-refractivity contribution in [3.05, 3.63) is 54.1 Å². The third-order valence-corrected chi connectivity index (χ3v) is 4.08. The molecule has 1 aliphatic rings. The van der Waals surface area contributed by atoms with E-state index in [-0.39, 0.29) is 12.0 Å². The summed E-state index contributed by atoms with van der Waals surface area (Å²) in [6.45, 7) is 5.08. The lowest BCUT2D eigenvalue weighted by Crippen LogP contribution is -2.39. The second-order valence-electron chi connectivity index (χ2n) is 6.32. The Hall–Kier alpha value is -2.49. The van der Waals surface area contributed by atoms with Gasteiger partial charge in [0.15, 0.2) is 0 Å². The molecule has 1 aliphatic heterocycles. The number of anilines is 2. The van der Waals surface area contributed by atoms with Crippen LogP contribution in [0.5, 0.6) is 5.75 Å². The first-order valence-electron chi connectivity index (χ1n) is 8.52. The molecular formula is C20H24N2O2. The Bertz CT molecular complexity index is 695. The van der Waals surface area contributed by atoms with Gasteiger partial charge in [-0.15, -0.1) is 0 Å². The van der Waals surface area contributed by atoms with E-state index in [9.17, 15) is 4.79 Å². The first-order chi connectivity index (χ1) is 11.6. The number of nitrogens with one attached hydrogen (secondary N) is 1. The van der Waals surface area contributed by atoms with Crippen molar-refractivity contribution in [3.63, 3.8) is 0 Å². The zero-order valence-corrected chi connectivity index (χ0v) is 14.3. The van der Waals surface area contributed by atoms with Gasteiger partial charge in [0.25, 0.3) is 0 Å². The van der Waals surface area contributed by atoms with E-state index in [1.807, 2.05) is 61.2 Å². The fourth-order valence-electron chi connectivity index (χ4n) is 2.99. The Morgan fingerprint density at radius 3 is 2.67 bits per heavy atom. The molecule has 0 saturated heterocycles. The number of aryl methyl sites for hydroxylation is 1. The van der Waals surface area contributed by atoms with Gasteiger partial charge in [0.05, 0.1) is 12.6 Å². The zero-order chi connectivity index (χ0) is 16.9. The number of benzene rings is 2. The Labute approximate surface area is 143 Å². The topological polar surface area (TPSA) is 41.6 Å². The van der Waals surface area contributed by atoms with Crippen LogP contribution in [0.2, 0.25) is 0 Å². The number of rotatable bonds is 5. The third kappa shape index (κ3) is 3.88. The van der Waals surface area contributed by atoms with Gasteiger partial charge in [-0.05, 0) is 62.6 Å². The maximum atomic E-state index is 12.6. The molecule has 0 fully saturated rings. The minimum Gasteiger partial charge on any atom is -0.491 e. The summed E-state index contributed by atoms with van der Waals surface area (Å²) < 4.78 is 5.63. The molecule has 0 saturated carbocycles. The summed E-state index contributed by atoms with van der Waals surface area (Å²) in [5.41, 5.74) is 3.23. The molecule has 126 valence electrons. The van der Waals surface area contributed by atoms with E-state index in [0.717, 1.165) is 36.5 Å². The van der Waals surface area contributed by atoms with Crippen LogP contribution in [0.25, 0.3) is 0 Å². The van der Waals surface area contributed by atoms with E-state index in [2.05, 4.69) is 11.4 Å². The molecule has 2 aromatic rings. The molecule has 0 radical (unpaired) electrons.